The van der Waals surface area contributed by atoms with Crippen LogP contribution in [0.4, 0.5) is 0 Å². The molecule has 0 aliphatic rings. The van der Waals surface area contributed by atoms with E-state index in [1.165, 1.54) is 0 Å². The molecule has 0 saturated carbocycles. The molecule has 45 heavy (non-hydrogen) atoms. The van der Waals surface area contributed by atoms with Crippen LogP contribution in [-0.2, 0) is 25.6 Å². The van der Waals surface area contributed by atoms with Crippen LogP contribution in [0.3, 0.4) is 0 Å². The number of amides is 3. The number of aromatic amines is 1. The van der Waals surface area contributed by atoms with Crippen LogP contribution >= 0.6 is 0 Å². The van der Waals surface area contributed by atoms with Gasteiger partial charge in [0.05, 0.1) is 6.04 Å². The van der Waals surface area contributed by atoms with E-state index >= 15 is 0 Å². The van der Waals surface area contributed by atoms with Crippen molar-refractivity contribution in [3.63, 3.8) is 0 Å². The standard InChI is InChI=1S/C29H47N11O5/c1-16(2)13-23(26(43)39-22(27(44)45)10-6-12-36-29(33)34)40-25(42)21(9-5-11-35-28(31)32)38-24(41)19(30)14-17-15-37-20-8-4-3-7-18(17)20/h3-4,7-8,15-16,19,21-23,37H,5-6,9-14,30H2,1-2H3,(H,38,41)(H,39,43)(H,40,42)(H,44,45)(H4,31,32,35)(H4,33,34,36). The number of rotatable bonds is 19. The number of hydrogen-bond acceptors (Lipinski definition) is 7. The summed E-state index contributed by atoms with van der Waals surface area (Å²) < 4.78 is 0. The van der Waals surface area contributed by atoms with Crippen molar-refractivity contribution in [2.75, 3.05) is 13.1 Å². The normalized spacial score (nSPS) is 13.7. The Morgan fingerprint density at radius 1 is 0.822 bits per heavy atom. The number of carbonyl (C=O) groups is 4. The smallest absolute Gasteiger partial charge is 0.326 e. The van der Waals surface area contributed by atoms with E-state index in [4.69, 9.17) is 28.7 Å². The topological polar surface area (TPSA) is 295 Å². The van der Waals surface area contributed by atoms with Gasteiger partial charge in [-0.1, -0.05) is 32.0 Å². The number of benzene rings is 1. The fraction of sp³-hybridized carbons (Fsp3) is 0.517. The molecule has 3 amide bonds. The number of carboxylic acid groups (broad SMARTS) is 1. The maximum absolute atomic E-state index is 13.5. The summed E-state index contributed by atoms with van der Waals surface area (Å²) in [4.78, 5) is 62.7. The molecule has 0 bridgehead atoms. The van der Waals surface area contributed by atoms with Crippen LogP contribution in [0.2, 0.25) is 0 Å². The van der Waals surface area contributed by atoms with Gasteiger partial charge in [0.15, 0.2) is 11.9 Å². The SMILES string of the molecule is CC(C)CC(NC(=O)C(CCCN=C(N)N)NC(=O)C(N)Cc1c[nH]c2ccccc12)C(=O)NC(CCCN=C(N)N)C(=O)O. The van der Waals surface area contributed by atoms with Crippen LogP contribution in [-0.4, -0.2) is 83.0 Å². The number of carboxylic acids is 1. The Hall–Kier alpha value is -4.86. The van der Waals surface area contributed by atoms with Gasteiger partial charge in [0.2, 0.25) is 17.7 Å². The first-order valence-electron chi connectivity index (χ1n) is 14.8. The highest BCUT2D eigenvalue weighted by Crippen LogP contribution is 2.19. The van der Waals surface area contributed by atoms with Crippen molar-refractivity contribution in [3.8, 4) is 0 Å². The summed E-state index contributed by atoms with van der Waals surface area (Å²) in [5, 5.41) is 18.5. The minimum atomic E-state index is -1.24. The average Bonchev–Trinajstić information content (AvgIpc) is 3.37. The van der Waals surface area contributed by atoms with E-state index in [1.54, 1.807) is 6.20 Å². The van der Waals surface area contributed by atoms with E-state index in [9.17, 15) is 24.3 Å². The second-order valence-corrected chi connectivity index (χ2v) is 11.2. The number of nitrogens with zero attached hydrogens (tertiary/aromatic N) is 2. The van der Waals surface area contributed by atoms with Crippen LogP contribution in [0.25, 0.3) is 10.9 Å². The van der Waals surface area contributed by atoms with Gasteiger partial charge in [-0.2, -0.15) is 0 Å². The molecule has 0 aliphatic heterocycles. The van der Waals surface area contributed by atoms with Crippen molar-refractivity contribution in [2.45, 2.75) is 76.5 Å². The van der Waals surface area contributed by atoms with Crippen molar-refractivity contribution in [1.82, 2.24) is 20.9 Å². The molecular weight excluding hydrogens is 582 g/mol. The summed E-state index contributed by atoms with van der Waals surface area (Å²) in [5.74, 6) is -3.37. The Kier molecular flexibility index (Phi) is 14.6. The number of guanidine groups is 2. The first-order chi connectivity index (χ1) is 21.3. The molecule has 0 saturated heterocycles. The molecule has 2 aromatic rings. The molecular formula is C29H47N11O5. The lowest BCUT2D eigenvalue weighted by atomic mass is 10.0. The van der Waals surface area contributed by atoms with Crippen LogP contribution < -0.4 is 44.6 Å². The maximum Gasteiger partial charge on any atom is 0.326 e. The number of H-pyrrole nitrogens is 1. The third-order valence-corrected chi connectivity index (χ3v) is 6.93. The minimum absolute atomic E-state index is 0.0364. The minimum Gasteiger partial charge on any atom is -0.480 e. The number of hydrogen-bond donors (Lipinski definition) is 10. The zero-order chi connectivity index (χ0) is 33.5. The largest absolute Gasteiger partial charge is 0.480 e. The Labute approximate surface area is 262 Å². The molecule has 4 atom stereocenters. The molecule has 15 N–H and O–H groups in total. The van der Waals surface area contributed by atoms with Crippen LogP contribution in [0.5, 0.6) is 0 Å². The fourth-order valence-electron chi connectivity index (χ4n) is 4.69. The summed E-state index contributed by atoms with van der Waals surface area (Å²) in [7, 11) is 0. The number of aromatic nitrogens is 1. The zero-order valence-corrected chi connectivity index (χ0v) is 25.8. The first kappa shape index (κ1) is 36.3. The van der Waals surface area contributed by atoms with E-state index in [0.717, 1.165) is 16.5 Å². The number of aliphatic carboxylic acids is 1. The van der Waals surface area contributed by atoms with Gasteiger partial charge < -0.3 is 54.7 Å². The van der Waals surface area contributed by atoms with Gasteiger partial charge in [0, 0.05) is 30.2 Å². The predicted molar refractivity (Wildman–Crippen MR) is 173 cm³/mol. The van der Waals surface area contributed by atoms with Crippen LogP contribution in [0, 0.1) is 5.92 Å². The molecule has 1 aromatic carbocycles. The zero-order valence-electron chi connectivity index (χ0n) is 25.8. The number of carbonyl (C=O) groups excluding carboxylic acids is 3. The molecule has 1 heterocycles. The molecule has 2 rings (SSSR count). The van der Waals surface area contributed by atoms with Gasteiger partial charge in [-0.15, -0.1) is 0 Å². The molecule has 16 heteroatoms. The lowest BCUT2D eigenvalue weighted by Gasteiger charge is -2.26. The molecule has 0 fully saturated rings. The van der Waals surface area contributed by atoms with Gasteiger partial charge in [-0.25, -0.2) is 4.79 Å². The van der Waals surface area contributed by atoms with Crippen molar-refractivity contribution < 1.29 is 24.3 Å². The summed E-state index contributed by atoms with van der Waals surface area (Å²) >= 11 is 0. The molecule has 248 valence electrons. The average molecular weight is 630 g/mol. The van der Waals surface area contributed by atoms with E-state index in [2.05, 4.69) is 30.9 Å². The summed E-state index contributed by atoms with van der Waals surface area (Å²) in [6, 6.07) is 3.27. The molecule has 16 nitrogen and oxygen atoms in total. The molecule has 0 spiro atoms. The van der Waals surface area contributed by atoms with E-state index in [0.29, 0.717) is 12.8 Å². The lowest BCUT2D eigenvalue weighted by molar-refractivity contribution is -0.142. The monoisotopic (exact) mass is 629 g/mol. The Balaban J connectivity index is 2.16. The first-order valence-corrected chi connectivity index (χ1v) is 14.8. The van der Waals surface area contributed by atoms with Crippen molar-refractivity contribution >= 4 is 46.5 Å². The number of aliphatic imine (C=N–C) groups is 2. The molecule has 0 aliphatic carbocycles. The van der Waals surface area contributed by atoms with Crippen molar-refractivity contribution in [3.05, 3.63) is 36.0 Å². The fourth-order valence-corrected chi connectivity index (χ4v) is 4.69. The number of para-hydroxylation sites is 1. The van der Waals surface area contributed by atoms with Gasteiger partial charge in [-0.05, 0) is 56.1 Å². The molecule has 1 aromatic heterocycles. The van der Waals surface area contributed by atoms with Crippen molar-refractivity contribution in [1.29, 1.82) is 0 Å². The quantitative estimate of drug-likeness (QED) is 0.0499. The van der Waals surface area contributed by atoms with E-state index in [1.807, 2.05) is 38.1 Å². The summed E-state index contributed by atoms with van der Waals surface area (Å²) in [6.45, 7) is 4.11. The molecule has 4 unspecified atom stereocenters. The Bertz CT molecular complexity index is 1350. The number of nitrogens with two attached hydrogens (primary N) is 5. The van der Waals surface area contributed by atoms with Crippen LogP contribution in [0.15, 0.2) is 40.4 Å². The highest BCUT2D eigenvalue weighted by molar-refractivity contribution is 5.94. The lowest BCUT2D eigenvalue weighted by Crippen LogP contribution is -2.57. The van der Waals surface area contributed by atoms with E-state index < -0.39 is 47.9 Å². The van der Waals surface area contributed by atoms with Crippen molar-refractivity contribution in [2.24, 2.45) is 44.6 Å². The number of nitrogens with one attached hydrogen (secondary N) is 4. The Morgan fingerprint density at radius 3 is 1.93 bits per heavy atom. The third kappa shape index (κ3) is 12.7. The Morgan fingerprint density at radius 2 is 1.36 bits per heavy atom. The van der Waals surface area contributed by atoms with Gasteiger partial charge in [-0.3, -0.25) is 24.4 Å². The predicted octanol–water partition coefficient (Wildman–Crippen LogP) is -1.27. The second-order valence-electron chi connectivity index (χ2n) is 11.2. The maximum atomic E-state index is 13.5. The van der Waals surface area contributed by atoms with Gasteiger partial charge in [0.25, 0.3) is 0 Å². The number of fused-ring (bicyclic) bond motifs is 1. The molecule has 0 radical (unpaired) electrons. The summed E-state index contributed by atoms with van der Waals surface area (Å²) in [6.07, 6.45) is 3.08. The third-order valence-electron chi connectivity index (χ3n) is 6.93. The van der Waals surface area contributed by atoms with Gasteiger partial charge >= 0.3 is 5.97 Å². The highest BCUT2D eigenvalue weighted by atomic mass is 16.4. The van der Waals surface area contributed by atoms with Crippen LogP contribution in [0.1, 0.15) is 51.5 Å². The summed E-state index contributed by atoms with van der Waals surface area (Å²) in [5.41, 5.74) is 29.4. The second kappa shape index (κ2) is 18.1. The van der Waals surface area contributed by atoms with Gasteiger partial charge in [0.1, 0.15) is 18.1 Å². The highest BCUT2D eigenvalue weighted by Gasteiger charge is 2.30. The van der Waals surface area contributed by atoms with E-state index in [-0.39, 0.29) is 56.6 Å².